The van der Waals surface area contributed by atoms with Crippen molar-refractivity contribution in [3.05, 3.63) is 24.3 Å². The minimum absolute atomic E-state index is 0.240. The molecule has 0 aliphatic carbocycles. The predicted octanol–water partition coefficient (Wildman–Crippen LogP) is 7.49. The molecule has 3 aliphatic heterocycles. The number of aliphatic hydroxyl groups is 11. The van der Waals surface area contributed by atoms with Crippen LogP contribution in [0.2, 0.25) is 0 Å². The van der Waals surface area contributed by atoms with Crippen molar-refractivity contribution in [2.75, 3.05) is 26.4 Å². The first-order valence-corrected chi connectivity index (χ1v) is 33.1. The number of unbranched alkanes of at least 4 members (excludes halogenated alkanes) is 32. The van der Waals surface area contributed by atoms with Crippen molar-refractivity contribution in [3.63, 3.8) is 0 Å². The highest BCUT2D eigenvalue weighted by molar-refractivity contribution is 5.76. The van der Waals surface area contributed by atoms with Crippen molar-refractivity contribution in [1.29, 1.82) is 0 Å². The Balaban J connectivity index is 1.39. The quantitative estimate of drug-likeness (QED) is 0.0207. The summed E-state index contributed by atoms with van der Waals surface area (Å²) in [6.45, 7) is 1.69. The molecule has 3 saturated heterocycles. The van der Waals surface area contributed by atoms with E-state index >= 15 is 0 Å². The number of nitrogens with one attached hydrogen (secondary N) is 1. The first kappa shape index (κ1) is 75.5. The maximum atomic E-state index is 13.3. The predicted molar refractivity (Wildman–Crippen MR) is 319 cm³/mol. The monoisotopic (exact) mass is 1190 g/mol. The summed E-state index contributed by atoms with van der Waals surface area (Å²) in [7, 11) is 0. The van der Waals surface area contributed by atoms with E-state index < -0.39 is 124 Å². The fourth-order valence-corrected chi connectivity index (χ4v) is 11.3. The van der Waals surface area contributed by atoms with Crippen molar-refractivity contribution in [1.82, 2.24) is 5.32 Å². The van der Waals surface area contributed by atoms with E-state index in [-0.39, 0.29) is 18.9 Å². The van der Waals surface area contributed by atoms with E-state index in [2.05, 4.69) is 31.3 Å². The van der Waals surface area contributed by atoms with E-state index in [1.807, 2.05) is 6.08 Å². The van der Waals surface area contributed by atoms with Crippen molar-refractivity contribution in [2.45, 2.75) is 349 Å². The van der Waals surface area contributed by atoms with Gasteiger partial charge in [-0.3, -0.25) is 4.79 Å². The highest BCUT2D eigenvalue weighted by Gasteiger charge is 2.53. The van der Waals surface area contributed by atoms with Crippen LogP contribution in [0, 0.1) is 0 Å². The molecule has 0 spiro atoms. The number of amides is 1. The third-order valence-corrected chi connectivity index (χ3v) is 16.8. The Labute approximate surface area is 498 Å². The number of carbonyl (C=O) groups is 1. The second kappa shape index (κ2) is 47.3. The van der Waals surface area contributed by atoms with Gasteiger partial charge in [0.2, 0.25) is 5.91 Å². The second-order valence-electron chi connectivity index (χ2n) is 23.9. The number of carbonyl (C=O) groups excluding carboxylic acids is 1. The first-order chi connectivity index (χ1) is 40.3. The molecule has 19 nitrogen and oxygen atoms in total. The van der Waals surface area contributed by atoms with Gasteiger partial charge in [-0.15, -0.1) is 0 Å². The lowest BCUT2D eigenvalue weighted by Crippen LogP contribution is -2.66. The lowest BCUT2D eigenvalue weighted by Gasteiger charge is -2.48. The summed E-state index contributed by atoms with van der Waals surface area (Å²) in [5, 5.41) is 120. The zero-order chi connectivity index (χ0) is 60.5. The molecule has 0 aromatic rings. The van der Waals surface area contributed by atoms with Crippen LogP contribution in [0.25, 0.3) is 0 Å². The lowest BCUT2D eigenvalue weighted by atomic mass is 9.96. The fourth-order valence-electron chi connectivity index (χ4n) is 11.3. The van der Waals surface area contributed by atoms with E-state index in [4.69, 9.17) is 28.4 Å². The van der Waals surface area contributed by atoms with Gasteiger partial charge in [-0.05, 0) is 32.1 Å². The third-order valence-electron chi connectivity index (χ3n) is 16.8. The van der Waals surface area contributed by atoms with Gasteiger partial charge < -0.3 is 89.9 Å². The molecule has 0 bridgehead atoms. The number of hydrogen-bond acceptors (Lipinski definition) is 18. The molecule has 83 heavy (non-hydrogen) atoms. The Morgan fingerprint density at radius 3 is 1.20 bits per heavy atom. The molecule has 0 saturated carbocycles. The molecule has 17 atom stereocenters. The van der Waals surface area contributed by atoms with E-state index in [1.54, 1.807) is 6.08 Å². The summed E-state index contributed by atoms with van der Waals surface area (Å²) < 4.78 is 34.2. The van der Waals surface area contributed by atoms with Gasteiger partial charge in [-0.2, -0.15) is 0 Å². The zero-order valence-corrected chi connectivity index (χ0v) is 51.2. The molecule has 19 heteroatoms. The van der Waals surface area contributed by atoms with Crippen LogP contribution in [-0.4, -0.2) is 193 Å². The average molecular weight is 1190 g/mol. The minimum atomic E-state index is -1.98. The molecule has 0 radical (unpaired) electrons. The summed E-state index contributed by atoms with van der Waals surface area (Å²) in [4.78, 5) is 13.3. The molecule has 3 aliphatic rings. The second-order valence-corrected chi connectivity index (χ2v) is 23.9. The van der Waals surface area contributed by atoms with Crippen molar-refractivity contribution >= 4 is 5.91 Å². The van der Waals surface area contributed by atoms with Crippen LogP contribution < -0.4 is 5.32 Å². The van der Waals surface area contributed by atoms with Crippen LogP contribution in [0.4, 0.5) is 0 Å². The minimum Gasteiger partial charge on any atom is -0.394 e. The van der Waals surface area contributed by atoms with Crippen LogP contribution in [0.1, 0.15) is 245 Å². The third kappa shape index (κ3) is 30.4. The first-order valence-electron chi connectivity index (χ1n) is 33.1. The molecule has 3 rings (SSSR count). The standard InChI is InChI=1S/C64H119NO18/c1-3-5-7-9-11-13-15-16-17-18-19-20-21-22-23-24-25-26-27-28-29-30-32-34-36-38-40-42-52(70)65-47(48(69)41-39-37-35-33-31-14-12-10-8-6-4-2)46-78-62-58(76)55(73)60(50(44-67)80-62)83-64-59(77)56(74)61(51(45-68)81-64)82-63-57(75)54(72)53(71)49(43-66)79-63/h31,33,39,41,47-51,53-64,66-69,71-77H,3-30,32,34-38,40,42-46H2,1-2H3,(H,65,70)/b33-31+,41-39+. The largest absolute Gasteiger partial charge is 0.394 e. The normalized spacial score (nSPS) is 29.5. The van der Waals surface area contributed by atoms with E-state index in [9.17, 15) is 61.0 Å². The molecular weight excluding hydrogens is 1070 g/mol. The van der Waals surface area contributed by atoms with Gasteiger partial charge in [-0.25, -0.2) is 0 Å². The summed E-state index contributed by atoms with van der Waals surface area (Å²) in [5.41, 5.74) is 0. The molecule has 1 amide bonds. The summed E-state index contributed by atoms with van der Waals surface area (Å²) in [5.74, 6) is -0.283. The van der Waals surface area contributed by atoms with Gasteiger partial charge in [-0.1, -0.05) is 231 Å². The Bertz CT molecular complexity index is 1610. The van der Waals surface area contributed by atoms with Gasteiger partial charge in [0, 0.05) is 6.42 Å². The Kier molecular flexibility index (Phi) is 43.0. The van der Waals surface area contributed by atoms with E-state index in [0.29, 0.717) is 12.8 Å². The molecular formula is C64H119NO18. The fraction of sp³-hybridized carbons (Fsp3) is 0.922. The Morgan fingerprint density at radius 1 is 0.422 bits per heavy atom. The Morgan fingerprint density at radius 2 is 0.771 bits per heavy atom. The lowest BCUT2D eigenvalue weighted by molar-refractivity contribution is -0.379. The van der Waals surface area contributed by atoms with Crippen LogP contribution in [0.3, 0.4) is 0 Å². The molecule has 488 valence electrons. The van der Waals surface area contributed by atoms with Gasteiger partial charge in [0.25, 0.3) is 0 Å². The average Bonchev–Trinajstić information content (AvgIpc) is 3.64. The summed E-state index contributed by atoms with van der Waals surface area (Å²) >= 11 is 0. The van der Waals surface area contributed by atoms with Gasteiger partial charge in [0.05, 0.1) is 38.6 Å². The molecule has 0 aromatic carbocycles. The maximum absolute atomic E-state index is 13.3. The highest BCUT2D eigenvalue weighted by Crippen LogP contribution is 2.33. The number of aliphatic hydroxyl groups excluding tert-OH is 11. The van der Waals surface area contributed by atoms with Crippen LogP contribution in [-0.2, 0) is 33.2 Å². The summed E-state index contributed by atoms with van der Waals surface area (Å²) in [6, 6.07) is -0.985. The van der Waals surface area contributed by atoms with E-state index in [1.165, 1.54) is 173 Å². The smallest absolute Gasteiger partial charge is 0.220 e. The summed E-state index contributed by atoms with van der Waals surface area (Å²) in [6.07, 6.45) is 24.8. The van der Waals surface area contributed by atoms with Crippen molar-refractivity contribution in [3.8, 4) is 0 Å². The van der Waals surface area contributed by atoms with Crippen LogP contribution in [0.15, 0.2) is 24.3 Å². The highest BCUT2D eigenvalue weighted by atomic mass is 16.8. The van der Waals surface area contributed by atoms with Crippen LogP contribution >= 0.6 is 0 Å². The number of rotatable bonds is 50. The molecule has 17 unspecified atom stereocenters. The van der Waals surface area contributed by atoms with Crippen LogP contribution in [0.5, 0.6) is 0 Å². The van der Waals surface area contributed by atoms with Crippen molar-refractivity contribution < 1.29 is 89.4 Å². The number of hydrogen-bond donors (Lipinski definition) is 12. The van der Waals surface area contributed by atoms with Gasteiger partial charge in [0.1, 0.15) is 73.2 Å². The zero-order valence-electron chi connectivity index (χ0n) is 51.2. The Hall–Kier alpha value is -1.73. The maximum Gasteiger partial charge on any atom is 0.220 e. The number of ether oxygens (including phenoxy) is 6. The topological polar surface area (TPSA) is 307 Å². The van der Waals surface area contributed by atoms with Crippen molar-refractivity contribution in [2.24, 2.45) is 0 Å². The van der Waals surface area contributed by atoms with Gasteiger partial charge >= 0.3 is 0 Å². The number of allylic oxidation sites excluding steroid dienone is 3. The van der Waals surface area contributed by atoms with E-state index in [0.717, 1.165) is 38.5 Å². The molecule has 0 aromatic heterocycles. The SMILES string of the molecule is CCCCCCC/C=C/CC/C=C/C(O)C(COC1OC(CO)C(OC2OC(CO)C(OC3OC(CO)C(O)C(O)C3O)C(O)C2O)C(O)C1O)NC(=O)CCCCCCCCCCCCCCCCCCCCCCCCCCCCC. The molecule has 3 heterocycles. The molecule has 3 fully saturated rings. The van der Waals surface area contributed by atoms with Gasteiger partial charge in [0.15, 0.2) is 18.9 Å². The molecule has 12 N–H and O–H groups in total.